The number of benzene rings is 1. The Bertz CT molecular complexity index is 513. The van der Waals surface area contributed by atoms with E-state index in [1.165, 1.54) is 0 Å². The minimum atomic E-state index is -0.00582. The van der Waals surface area contributed by atoms with Crippen molar-refractivity contribution in [1.29, 1.82) is 0 Å². The maximum atomic E-state index is 9.29. The van der Waals surface area contributed by atoms with E-state index >= 15 is 0 Å². The number of aliphatic hydroxyl groups is 1. The number of aliphatic hydroxyl groups excluding tert-OH is 1. The molecule has 0 unspecified atom stereocenters. The van der Waals surface area contributed by atoms with Crippen LogP contribution in [-0.4, -0.2) is 17.1 Å². The van der Waals surface area contributed by atoms with Gasteiger partial charge in [0.05, 0.1) is 6.61 Å². The Morgan fingerprint density at radius 2 is 1.94 bits per heavy atom. The van der Waals surface area contributed by atoms with Crippen LogP contribution in [0.5, 0.6) is 0 Å². The van der Waals surface area contributed by atoms with Crippen molar-refractivity contribution in [3.8, 4) is 0 Å². The second kappa shape index (κ2) is 5.85. The fourth-order valence-corrected chi connectivity index (χ4v) is 1.96. The summed E-state index contributed by atoms with van der Waals surface area (Å²) < 4.78 is 0. The van der Waals surface area contributed by atoms with Crippen molar-refractivity contribution in [1.82, 2.24) is 4.98 Å². The maximum Gasteiger partial charge on any atom is 0.134 e. The quantitative estimate of drug-likeness (QED) is 0.921. The molecule has 0 aliphatic heterocycles. The first-order valence-corrected chi connectivity index (χ1v) is 6.09. The van der Waals surface area contributed by atoms with Gasteiger partial charge >= 0.3 is 0 Å². The highest BCUT2D eigenvalue weighted by Crippen LogP contribution is 2.18. The van der Waals surface area contributed by atoms with Gasteiger partial charge in [0.25, 0.3) is 0 Å². The summed E-state index contributed by atoms with van der Waals surface area (Å²) in [5.41, 5.74) is 1.98. The molecular formula is C14H15ClN2O. The minimum Gasteiger partial charge on any atom is -0.392 e. The molecule has 4 heteroatoms. The fraction of sp³-hybridized carbons (Fsp3) is 0.214. The van der Waals surface area contributed by atoms with Crippen molar-refractivity contribution in [2.75, 3.05) is 11.9 Å². The van der Waals surface area contributed by atoms with Crippen molar-refractivity contribution < 1.29 is 5.11 Å². The highest BCUT2D eigenvalue weighted by Gasteiger charge is 2.08. The lowest BCUT2D eigenvalue weighted by Crippen LogP contribution is -2.19. The monoisotopic (exact) mass is 262 g/mol. The Kier molecular flexibility index (Phi) is 4.18. The molecule has 0 fully saturated rings. The van der Waals surface area contributed by atoms with E-state index in [1.54, 1.807) is 6.20 Å². The summed E-state index contributed by atoms with van der Waals surface area (Å²) in [5.74, 6) is 0.801. The molecule has 0 saturated heterocycles. The molecule has 3 nitrogen and oxygen atoms in total. The molecular weight excluding hydrogens is 248 g/mol. The lowest BCUT2D eigenvalue weighted by atomic mass is 10.2. The first-order valence-electron chi connectivity index (χ1n) is 5.71. The van der Waals surface area contributed by atoms with E-state index in [0.717, 1.165) is 28.5 Å². The molecule has 0 bridgehead atoms. The molecule has 1 aromatic heterocycles. The van der Waals surface area contributed by atoms with Crippen LogP contribution >= 0.6 is 11.6 Å². The summed E-state index contributed by atoms with van der Waals surface area (Å²) in [4.78, 5) is 6.31. The molecule has 0 radical (unpaired) electrons. The van der Waals surface area contributed by atoms with Gasteiger partial charge in [0.1, 0.15) is 5.82 Å². The molecule has 0 amide bonds. The number of anilines is 1. The van der Waals surface area contributed by atoms with Crippen LogP contribution < -0.4 is 4.90 Å². The number of pyridine rings is 1. The zero-order valence-corrected chi connectivity index (χ0v) is 10.9. The van der Waals surface area contributed by atoms with E-state index < -0.39 is 0 Å². The molecule has 0 atom stereocenters. The van der Waals surface area contributed by atoms with Crippen molar-refractivity contribution in [2.45, 2.75) is 13.2 Å². The number of hydrogen-bond donors (Lipinski definition) is 1. The molecule has 1 heterocycles. The average molecular weight is 263 g/mol. The van der Waals surface area contributed by atoms with Gasteiger partial charge < -0.3 is 10.0 Å². The van der Waals surface area contributed by atoms with Gasteiger partial charge in [0.15, 0.2) is 0 Å². The Labute approximate surface area is 112 Å². The SMILES string of the molecule is CN(Cc1ccc(Cl)cc1)c1ncccc1CO. The molecule has 0 saturated carbocycles. The maximum absolute atomic E-state index is 9.29. The number of rotatable bonds is 4. The molecule has 1 aromatic carbocycles. The third-order valence-corrected chi connectivity index (χ3v) is 2.98. The van der Waals surface area contributed by atoms with E-state index in [0.29, 0.717) is 0 Å². The topological polar surface area (TPSA) is 36.4 Å². The Hall–Kier alpha value is -1.58. The third-order valence-electron chi connectivity index (χ3n) is 2.73. The molecule has 0 aliphatic carbocycles. The number of aromatic nitrogens is 1. The first-order chi connectivity index (χ1) is 8.70. The largest absolute Gasteiger partial charge is 0.392 e. The Balaban J connectivity index is 2.16. The summed E-state index contributed by atoms with van der Waals surface area (Å²) in [7, 11) is 1.95. The van der Waals surface area contributed by atoms with Gasteiger partial charge in [-0.2, -0.15) is 0 Å². The number of hydrogen-bond acceptors (Lipinski definition) is 3. The molecule has 0 spiro atoms. The summed E-state index contributed by atoms with van der Waals surface area (Å²) in [6.07, 6.45) is 1.73. The molecule has 1 N–H and O–H groups in total. The first kappa shape index (κ1) is 12.9. The Morgan fingerprint density at radius 1 is 1.22 bits per heavy atom. The highest BCUT2D eigenvalue weighted by atomic mass is 35.5. The minimum absolute atomic E-state index is 0.00582. The molecule has 18 heavy (non-hydrogen) atoms. The van der Waals surface area contributed by atoms with Crippen LogP contribution in [0.3, 0.4) is 0 Å². The van der Waals surface area contributed by atoms with Crippen LogP contribution in [0.25, 0.3) is 0 Å². The van der Waals surface area contributed by atoms with E-state index in [4.69, 9.17) is 11.6 Å². The standard InChI is InChI=1S/C14H15ClN2O/c1-17(9-11-4-6-13(15)7-5-11)14-12(10-18)3-2-8-16-14/h2-8,18H,9-10H2,1H3. The smallest absolute Gasteiger partial charge is 0.134 e. The van der Waals surface area contributed by atoms with Crippen molar-refractivity contribution in [3.63, 3.8) is 0 Å². The van der Waals surface area contributed by atoms with Gasteiger partial charge in [0, 0.05) is 30.4 Å². The van der Waals surface area contributed by atoms with Crippen molar-refractivity contribution >= 4 is 17.4 Å². The van der Waals surface area contributed by atoms with E-state index in [1.807, 2.05) is 48.3 Å². The van der Waals surface area contributed by atoms with Crippen LogP contribution in [0.1, 0.15) is 11.1 Å². The number of halogens is 1. The molecule has 2 rings (SSSR count). The van der Waals surface area contributed by atoms with E-state index in [9.17, 15) is 5.11 Å². The van der Waals surface area contributed by atoms with E-state index in [-0.39, 0.29) is 6.61 Å². The van der Waals surface area contributed by atoms with Crippen molar-refractivity contribution in [2.24, 2.45) is 0 Å². The van der Waals surface area contributed by atoms with Crippen LogP contribution in [-0.2, 0) is 13.2 Å². The Morgan fingerprint density at radius 3 is 2.61 bits per heavy atom. The second-order valence-corrected chi connectivity index (χ2v) is 4.56. The van der Waals surface area contributed by atoms with Crippen LogP contribution in [0.2, 0.25) is 5.02 Å². The summed E-state index contributed by atoms with van der Waals surface area (Å²) in [6, 6.07) is 11.4. The summed E-state index contributed by atoms with van der Waals surface area (Å²) >= 11 is 5.85. The summed E-state index contributed by atoms with van der Waals surface area (Å²) in [5, 5.41) is 10.0. The normalized spacial score (nSPS) is 10.4. The van der Waals surface area contributed by atoms with Crippen LogP contribution in [0.15, 0.2) is 42.6 Å². The number of nitrogens with zero attached hydrogens (tertiary/aromatic N) is 2. The molecule has 0 aliphatic rings. The molecule has 94 valence electrons. The van der Waals surface area contributed by atoms with Gasteiger partial charge in [-0.3, -0.25) is 0 Å². The second-order valence-electron chi connectivity index (χ2n) is 4.13. The van der Waals surface area contributed by atoms with E-state index in [2.05, 4.69) is 4.98 Å². The average Bonchev–Trinajstić information content (AvgIpc) is 2.41. The van der Waals surface area contributed by atoms with Crippen LogP contribution in [0.4, 0.5) is 5.82 Å². The van der Waals surface area contributed by atoms with Gasteiger partial charge in [-0.05, 0) is 23.8 Å². The third kappa shape index (κ3) is 3.00. The van der Waals surface area contributed by atoms with Gasteiger partial charge in [-0.25, -0.2) is 4.98 Å². The lowest BCUT2D eigenvalue weighted by molar-refractivity contribution is 0.281. The fourth-order valence-electron chi connectivity index (χ4n) is 1.84. The zero-order valence-electron chi connectivity index (χ0n) is 10.2. The predicted molar refractivity (Wildman–Crippen MR) is 73.7 cm³/mol. The predicted octanol–water partition coefficient (Wildman–Crippen LogP) is 2.86. The molecule has 2 aromatic rings. The zero-order chi connectivity index (χ0) is 13.0. The summed E-state index contributed by atoms with van der Waals surface area (Å²) in [6.45, 7) is 0.718. The van der Waals surface area contributed by atoms with Crippen LogP contribution in [0, 0.1) is 0 Å². The van der Waals surface area contributed by atoms with Gasteiger partial charge in [-0.15, -0.1) is 0 Å². The highest BCUT2D eigenvalue weighted by molar-refractivity contribution is 6.30. The van der Waals surface area contributed by atoms with Gasteiger partial charge in [-0.1, -0.05) is 29.8 Å². The lowest BCUT2D eigenvalue weighted by Gasteiger charge is -2.20. The van der Waals surface area contributed by atoms with Crippen molar-refractivity contribution in [3.05, 3.63) is 58.7 Å². The van der Waals surface area contributed by atoms with Gasteiger partial charge in [0.2, 0.25) is 0 Å².